The van der Waals surface area contributed by atoms with Crippen molar-refractivity contribution in [2.45, 2.75) is 0 Å². The summed E-state index contributed by atoms with van der Waals surface area (Å²) in [6, 6.07) is 0. The molecule has 0 rings (SSSR count). The van der Waals surface area contributed by atoms with E-state index in [1.165, 1.54) is 0 Å². The molecule has 0 fully saturated rings. The monoisotopic (exact) mass is 522 g/mol. The van der Waals surface area contributed by atoms with Gasteiger partial charge in [-0.3, -0.25) is 0 Å². The molecular weight excluding hydrogens is 521 g/mol. The predicted molar refractivity (Wildman–Crippen MR) is 0 cm³/mol. The first-order valence-electron chi connectivity index (χ1n) is 0.866. The van der Waals surface area contributed by atoms with E-state index in [1.807, 2.05) is 0 Å². The van der Waals surface area contributed by atoms with E-state index in [0.29, 0.717) is 0 Å². The van der Waals surface area contributed by atoms with Gasteiger partial charge >= 0.3 is 347 Å². The second kappa shape index (κ2) is 15.7. The molecule has 6 nitrogen and oxygen atoms in total. The first-order valence-corrected chi connectivity index (χ1v) is 7.09. The zero-order valence-corrected chi connectivity index (χ0v) is 30.1. The van der Waals surface area contributed by atoms with Crippen LogP contribution in [0.4, 0.5) is 0 Å². The van der Waals surface area contributed by atoms with Crippen molar-refractivity contribution in [2.75, 3.05) is 0 Å². The van der Waals surface area contributed by atoms with Gasteiger partial charge in [0.25, 0.3) is 0 Å². The van der Waals surface area contributed by atoms with Crippen molar-refractivity contribution in [3.05, 3.63) is 0 Å². The van der Waals surface area contributed by atoms with E-state index < -0.39 is 14.8 Å². The maximum atomic E-state index is 8.67. The van der Waals surface area contributed by atoms with Gasteiger partial charge in [-0.05, 0) is 0 Å². The van der Waals surface area contributed by atoms with E-state index in [0.717, 1.165) is 0 Å². The molecule has 0 aliphatic heterocycles. The molecule has 0 saturated carbocycles. The summed E-state index contributed by atoms with van der Waals surface area (Å²) < 4.78 is 52.0. The van der Waals surface area contributed by atoms with E-state index in [9.17, 15) is 0 Å². The molecule has 13 heavy (non-hydrogen) atoms. The topological polar surface area (TPSA) is 138 Å². The Bertz CT molecular complexity index is 75.7. The third-order valence-corrected chi connectivity index (χ3v) is 0. The third kappa shape index (κ3) is 87.0. The summed E-state index contributed by atoms with van der Waals surface area (Å²) in [6.45, 7) is 0. The van der Waals surface area contributed by atoms with E-state index in [1.54, 1.807) is 0 Å². The second-order valence-corrected chi connectivity index (χ2v) is 7.23. The molecule has 13 heteroatoms. The van der Waals surface area contributed by atoms with Gasteiger partial charge < -0.3 is 0 Å². The van der Waals surface area contributed by atoms with Crippen LogP contribution < -0.4 is 332 Å². The third-order valence-electron chi connectivity index (χ3n) is 0. The fourth-order valence-corrected chi connectivity index (χ4v) is 0. The van der Waals surface area contributed by atoms with Gasteiger partial charge in [0.15, 0.2) is 0 Å². The SMILES string of the molecule is [K+].[K+].[K+].[K+].[K+].[K+].[O-][Os]([O-])([O-])([O-])([O-])[O-]. The molecule has 0 aliphatic carbocycles. The normalized spacial score (nSPS) is 12.5. The zero-order valence-electron chi connectivity index (χ0n) is 8.80. The molecule has 0 saturated heterocycles. The summed E-state index contributed by atoms with van der Waals surface area (Å²) in [5.41, 5.74) is 0. The van der Waals surface area contributed by atoms with Gasteiger partial charge in [-0.2, -0.15) is 0 Å². The molecule has 0 amide bonds. The Labute approximate surface area is 333 Å². The summed E-state index contributed by atoms with van der Waals surface area (Å²) in [5.74, 6) is 0. The molecule has 0 aromatic heterocycles. The van der Waals surface area contributed by atoms with E-state index >= 15 is 0 Å². The number of hydrogen-bond donors (Lipinski definition) is 0. The first-order chi connectivity index (χ1) is 2.45. The van der Waals surface area contributed by atoms with Crippen LogP contribution in [0.3, 0.4) is 0 Å². The average Bonchev–Trinajstić information content (AvgIpc) is 0.592. The minimum atomic E-state index is -9.71. The van der Waals surface area contributed by atoms with Crippen molar-refractivity contribution in [2.24, 2.45) is 0 Å². The fourth-order valence-electron chi connectivity index (χ4n) is 0. The standard InChI is InChI=1S/6K.6O.Os/q6*+1;6*-1;. The van der Waals surface area contributed by atoms with Crippen LogP contribution in [0.1, 0.15) is 0 Å². The summed E-state index contributed by atoms with van der Waals surface area (Å²) in [6.07, 6.45) is 0. The molecule has 0 aliphatic rings. The molecule has 50 valence electrons. The Balaban J connectivity index is -0.0000000120. The molecule has 0 aromatic rings. The summed E-state index contributed by atoms with van der Waals surface area (Å²) in [7, 11) is 0. The van der Waals surface area contributed by atoms with Gasteiger partial charge in [0.2, 0.25) is 0 Å². The molecule has 0 atom stereocenters. The van der Waals surface area contributed by atoms with Crippen LogP contribution in [-0.2, 0) is 14.8 Å². The number of hydrogen-bond acceptors (Lipinski definition) is 6. The van der Waals surface area contributed by atoms with Crippen molar-refractivity contribution >= 4 is 0 Å². The van der Waals surface area contributed by atoms with Gasteiger partial charge in [0.1, 0.15) is 0 Å². The van der Waals surface area contributed by atoms with Crippen molar-refractivity contribution in [3.63, 3.8) is 0 Å². The van der Waals surface area contributed by atoms with E-state index in [4.69, 9.17) is 23.4 Å². The molecule has 0 N–H and O–H groups in total. The van der Waals surface area contributed by atoms with Crippen LogP contribution in [0.25, 0.3) is 0 Å². The molecule has 0 unspecified atom stereocenters. The molecule has 0 spiro atoms. The van der Waals surface area contributed by atoms with Crippen LogP contribution in [0.5, 0.6) is 0 Å². The van der Waals surface area contributed by atoms with Crippen molar-refractivity contribution < 1.29 is 347 Å². The molecule has 0 radical (unpaired) electrons. The van der Waals surface area contributed by atoms with Gasteiger partial charge in [-0.1, -0.05) is 0 Å². The molecule has 0 aromatic carbocycles. The van der Waals surface area contributed by atoms with Crippen molar-refractivity contribution in [1.82, 2.24) is 0 Å². The second-order valence-electron chi connectivity index (χ2n) is 0.884. The Morgan fingerprint density at radius 1 is 0.385 bits per heavy atom. The summed E-state index contributed by atoms with van der Waals surface area (Å²) in [4.78, 5) is 0. The first kappa shape index (κ1) is 43.6. The summed E-state index contributed by atoms with van der Waals surface area (Å²) in [5, 5.41) is 0. The van der Waals surface area contributed by atoms with Gasteiger partial charge in [0, 0.05) is 0 Å². The van der Waals surface area contributed by atoms with E-state index in [-0.39, 0.29) is 308 Å². The van der Waals surface area contributed by atoms with Gasteiger partial charge in [-0.15, -0.1) is 0 Å². The molecule has 0 bridgehead atoms. The molecular formula is K6O6Os. The van der Waals surface area contributed by atoms with Gasteiger partial charge in [-0.25, -0.2) is 0 Å². The summed E-state index contributed by atoms with van der Waals surface area (Å²) >= 11 is -9.71. The van der Waals surface area contributed by atoms with Crippen LogP contribution in [-0.4, -0.2) is 0 Å². The Hall–Kier alpha value is 10.2. The van der Waals surface area contributed by atoms with Crippen LogP contribution in [0.2, 0.25) is 0 Å². The van der Waals surface area contributed by atoms with Gasteiger partial charge in [0.05, 0.1) is 0 Å². The van der Waals surface area contributed by atoms with Crippen LogP contribution >= 0.6 is 0 Å². The predicted octanol–water partition coefficient (Wildman–Crippen LogP) is -25.1. The zero-order chi connectivity index (χ0) is 6.41. The molecule has 0 heterocycles. The quantitative estimate of drug-likeness (QED) is 0.291. The van der Waals surface area contributed by atoms with Crippen LogP contribution in [0.15, 0.2) is 0 Å². The Kier molecular flexibility index (Phi) is 52.7. The Morgan fingerprint density at radius 3 is 0.385 bits per heavy atom. The average molecular weight is 521 g/mol. The minimum absolute atomic E-state index is 0. The Morgan fingerprint density at radius 2 is 0.385 bits per heavy atom. The fraction of sp³-hybridized carbons (Fsp3) is 0. The maximum absolute atomic E-state index is 9.71. The van der Waals surface area contributed by atoms with Crippen molar-refractivity contribution in [1.29, 1.82) is 0 Å². The van der Waals surface area contributed by atoms with E-state index in [2.05, 4.69) is 0 Å². The number of rotatable bonds is 0. The van der Waals surface area contributed by atoms with Crippen molar-refractivity contribution in [3.8, 4) is 0 Å². The van der Waals surface area contributed by atoms with Crippen LogP contribution in [0, 0.1) is 0 Å².